The number of benzene rings is 1. The number of hydrogen-bond acceptors (Lipinski definition) is 4. The van der Waals surface area contributed by atoms with E-state index in [2.05, 4.69) is 16.3 Å². The fraction of sp³-hybridized carbons (Fsp3) is 0.550. The molecule has 2 fully saturated rings. The first-order chi connectivity index (χ1) is 12.2. The fourth-order valence-corrected chi connectivity index (χ4v) is 5.66. The van der Waals surface area contributed by atoms with Gasteiger partial charge in [-0.1, -0.05) is 25.0 Å². The van der Waals surface area contributed by atoms with Gasteiger partial charge < -0.3 is 9.84 Å². The Morgan fingerprint density at radius 2 is 2.00 bits per heavy atom. The van der Waals surface area contributed by atoms with Crippen LogP contribution in [0, 0.1) is 0 Å². The first kappa shape index (κ1) is 19.6. The van der Waals surface area contributed by atoms with Gasteiger partial charge in [-0.15, -0.1) is 23.7 Å². The van der Waals surface area contributed by atoms with E-state index in [0.717, 1.165) is 31.9 Å². The van der Waals surface area contributed by atoms with Crippen molar-refractivity contribution in [2.24, 2.45) is 0 Å². The van der Waals surface area contributed by atoms with Crippen molar-refractivity contribution in [3.63, 3.8) is 0 Å². The van der Waals surface area contributed by atoms with Crippen LogP contribution >= 0.6 is 23.7 Å². The number of thiophene rings is 1. The van der Waals surface area contributed by atoms with Gasteiger partial charge in [-0.25, -0.2) is 0 Å². The lowest BCUT2D eigenvalue weighted by atomic mass is 9.78. The highest BCUT2D eigenvalue weighted by atomic mass is 35.5. The third kappa shape index (κ3) is 3.91. The minimum absolute atomic E-state index is 0. The number of morpholine rings is 1. The maximum absolute atomic E-state index is 11.3. The molecule has 1 aromatic heterocycles. The molecule has 0 amide bonds. The standard InChI is InChI=1S/C20H25NO3S.ClH/c22-19(23)12-14-4-3-7-18-20(14)16(13-25-18)15-5-1-2-6-17(15)21-8-10-24-11-9-21;/h3-4,7,13,15,17H,1-2,5-6,8-12H2,(H,22,23);1H/t15-,17+;/m0./s1. The van der Waals surface area contributed by atoms with Gasteiger partial charge in [-0.05, 0) is 40.8 Å². The zero-order valence-corrected chi connectivity index (χ0v) is 16.5. The molecule has 1 N–H and O–H groups in total. The summed E-state index contributed by atoms with van der Waals surface area (Å²) in [5.74, 6) is -0.242. The fourth-order valence-electron chi connectivity index (χ4n) is 4.59. The van der Waals surface area contributed by atoms with E-state index in [4.69, 9.17) is 4.74 Å². The van der Waals surface area contributed by atoms with Gasteiger partial charge in [0.2, 0.25) is 0 Å². The number of carboxylic acids is 1. The molecule has 0 unspecified atom stereocenters. The van der Waals surface area contributed by atoms with Crippen molar-refractivity contribution >= 4 is 39.8 Å². The number of rotatable bonds is 4. The molecule has 0 bridgehead atoms. The Kier molecular flexibility index (Phi) is 6.56. The van der Waals surface area contributed by atoms with Crippen molar-refractivity contribution < 1.29 is 14.6 Å². The normalized spacial score (nSPS) is 24.3. The number of aliphatic carboxylic acids is 1. The first-order valence-electron chi connectivity index (χ1n) is 9.26. The van der Waals surface area contributed by atoms with Gasteiger partial charge in [0.15, 0.2) is 0 Å². The van der Waals surface area contributed by atoms with Crippen LogP contribution in [0.2, 0.25) is 0 Å². The lowest BCUT2D eigenvalue weighted by Crippen LogP contribution is -2.47. The highest BCUT2D eigenvalue weighted by Crippen LogP contribution is 2.42. The van der Waals surface area contributed by atoms with Crippen LogP contribution in [0.1, 0.15) is 42.7 Å². The van der Waals surface area contributed by atoms with E-state index in [9.17, 15) is 9.90 Å². The molecule has 0 spiro atoms. The molecule has 1 saturated heterocycles. The van der Waals surface area contributed by atoms with Crippen LogP contribution in [0.5, 0.6) is 0 Å². The topological polar surface area (TPSA) is 49.8 Å². The molecule has 4 rings (SSSR count). The van der Waals surface area contributed by atoms with Crippen molar-refractivity contribution in [1.82, 2.24) is 4.90 Å². The third-order valence-corrected chi connectivity index (χ3v) is 6.67. The van der Waals surface area contributed by atoms with E-state index >= 15 is 0 Å². The molecule has 2 atom stereocenters. The van der Waals surface area contributed by atoms with Crippen molar-refractivity contribution in [2.75, 3.05) is 26.3 Å². The smallest absolute Gasteiger partial charge is 0.307 e. The van der Waals surface area contributed by atoms with E-state index in [-0.39, 0.29) is 18.8 Å². The van der Waals surface area contributed by atoms with E-state index in [0.29, 0.717) is 12.0 Å². The summed E-state index contributed by atoms with van der Waals surface area (Å²) in [5.41, 5.74) is 2.35. The van der Waals surface area contributed by atoms with Gasteiger partial charge in [-0.3, -0.25) is 9.69 Å². The monoisotopic (exact) mass is 395 g/mol. The lowest BCUT2D eigenvalue weighted by Gasteiger charge is -2.42. The van der Waals surface area contributed by atoms with E-state index in [1.165, 1.54) is 41.3 Å². The average molecular weight is 396 g/mol. The Balaban J connectivity index is 0.00000196. The maximum atomic E-state index is 11.3. The molecular weight excluding hydrogens is 370 g/mol. The molecule has 1 aliphatic carbocycles. The van der Waals surface area contributed by atoms with Gasteiger partial charge in [-0.2, -0.15) is 0 Å². The second-order valence-electron chi connectivity index (χ2n) is 7.16. The maximum Gasteiger partial charge on any atom is 0.307 e. The summed E-state index contributed by atoms with van der Waals surface area (Å²) >= 11 is 1.76. The third-order valence-electron chi connectivity index (χ3n) is 5.70. The molecule has 26 heavy (non-hydrogen) atoms. The summed E-state index contributed by atoms with van der Waals surface area (Å²) < 4.78 is 6.77. The average Bonchev–Trinajstić information content (AvgIpc) is 3.07. The van der Waals surface area contributed by atoms with Gasteiger partial charge in [0, 0.05) is 29.7 Å². The van der Waals surface area contributed by atoms with Crippen LogP contribution in [0.4, 0.5) is 0 Å². The van der Waals surface area contributed by atoms with Gasteiger partial charge >= 0.3 is 5.97 Å². The Morgan fingerprint density at radius 3 is 2.77 bits per heavy atom. The van der Waals surface area contributed by atoms with Crippen LogP contribution < -0.4 is 0 Å². The largest absolute Gasteiger partial charge is 0.481 e. The number of nitrogens with zero attached hydrogens (tertiary/aromatic N) is 1. The van der Waals surface area contributed by atoms with Crippen LogP contribution in [0.15, 0.2) is 23.6 Å². The predicted octanol–water partition coefficient (Wildman–Crippen LogP) is 4.31. The van der Waals surface area contributed by atoms with Crippen LogP contribution in [-0.2, 0) is 16.0 Å². The summed E-state index contributed by atoms with van der Waals surface area (Å²) in [5, 5.41) is 12.8. The van der Waals surface area contributed by atoms with Crippen LogP contribution in [0.3, 0.4) is 0 Å². The number of halogens is 1. The van der Waals surface area contributed by atoms with E-state index in [1.54, 1.807) is 11.3 Å². The van der Waals surface area contributed by atoms with E-state index in [1.807, 2.05) is 12.1 Å². The first-order valence-corrected chi connectivity index (χ1v) is 10.1. The summed E-state index contributed by atoms with van der Waals surface area (Å²) in [6.07, 6.45) is 5.11. The van der Waals surface area contributed by atoms with Crippen LogP contribution in [-0.4, -0.2) is 48.3 Å². The Labute approximate surface area is 164 Å². The zero-order valence-electron chi connectivity index (χ0n) is 14.9. The SMILES string of the molecule is Cl.O=C(O)Cc1cccc2scc([C@@H]3CCCC[C@H]3N3CCOCC3)c12. The Hall–Kier alpha value is -1.14. The van der Waals surface area contributed by atoms with Gasteiger partial charge in [0.25, 0.3) is 0 Å². The van der Waals surface area contributed by atoms with Gasteiger partial charge in [0.05, 0.1) is 19.6 Å². The van der Waals surface area contributed by atoms with Crippen molar-refractivity contribution in [2.45, 2.75) is 44.1 Å². The molecule has 2 heterocycles. The molecule has 142 valence electrons. The predicted molar refractivity (Wildman–Crippen MR) is 108 cm³/mol. The molecule has 1 saturated carbocycles. The molecule has 2 aliphatic rings. The summed E-state index contributed by atoms with van der Waals surface area (Å²) in [6.45, 7) is 3.70. The summed E-state index contributed by atoms with van der Waals surface area (Å²) in [6, 6.07) is 6.66. The van der Waals surface area contributed by atoms with E-state index < -0.39 is 5.97 Å². The second-order valence-corrected chi connectivity index (χ2v) is 8.07. The Morgan fingerprint density at radius 1 is 1.23 bits per heavy atom. The number of carboxylic acid groups (broad SMARTS) is 1. The summed E-state index contributed by atoms with van der Waals surface area (Å²) in [7, 11) is 0. The van der Waals surface area contributed by atoms with Crippen molar-refractivity contribution in [3.8, 4) is 0 Å². The number of ether oxygens (including phenoxy) is 1. The lowest BCUT2D eigenvalue weighted by molar-refractivity contribution is -0.136. The molecule has 6 heteroatoms. The van der Waals surface area contributed by atoms with Crippen LogP contribution in [0.25, 0.3) is 10.1 Å². The molecule has 1 aromatic carbocycles. The number of carbonyl (C=O) groups is 1. The summed E-state index contributed by atoms with van der Waals surface area (Å²) in [4.78, 5) is 13.9. The molecule has 1 aliphatic heterocycles. The highest BCUT2D eigenvalue weighted by molar-refractivity contribution is 7.17. The number of hydrogen-bond donors (Lipinski definition) is 1. The highest BCUT2D eigenvalue weighted by Gasteiger charge is 2.33. The van der Waals surface area contributed by atoms with Gasteiger partial charge in [0.1, 0.15) is 0 Å². The molecule has 2 aromatic rings. The second kappa shape index (κ2) is 8.70. The van der Waals surface area contributed by atoms with Crippen molar-refractivity contribution in [3.05, 3.63) is 34.7 Å². The molecule has 4 nitrogen and oxygen atoms in total. The minimum atomic E-state index is -0.752. The minimum Gasteiger partial charge on any atom is -0.481 e. The number of fused-ring (bicyclic) bond motifs is 1. The molecular formula is C20H26ClNO3S. The quantitative estimate of drug-likeness (QED) is 0.838. The zero-order chi connectivity index (χ0) is 17.2. The Bertz CT molecular complexity index is 757. The van der Waals surface area contributed by atoms with Crippen molar-refractivity contribution in [1.29, 1.82) is 0 Å². The molecule has 0 radical (unpaired) electrons.